The number of unbranched alkanes of at least 4 members (excludes halogenated alkanes) is 1. The highest BCUT2D eigenvalue weighted by Crippen LogP contribution is 2.24. The summed E-state index contributed by atoms with van der Waals surface area (Å²) in [6.07, 6.45) is 5.04. The molecule has 24 heavy (non-hydrogen) atoms. The molecule has 0 aromatic heterocycles. The van der Waals surface area contributed by atoms with Gasteiger partial charge in [-0.25, -0.2) is 0 Å². The van der Waals surface area contributed by atoms with Gasteiger partial charge in [-0.15, -0.1) is 0 Å². The summed E-state index contributed by atoms with van der Waals surface area (Å²) in [4.78, 5) is 1.82. The first-order valence-electron chi connectivity index (χ1n) is 8.87. The molecule has 4 N–H and O–H groups in total. The van der Waals surface area contributed by atoms with Gasteiger partial charge in [0.25, 0.3) is 0 Å². The molecule has 1 saturated heterocycles. The molecule has 6 atom stereocenters. The normalized spacial score (nSPS) is 37.5. The first-order chi connectivity index (χ1) is 11.5. The van der Waals surface area contributed by atoms with Crippen LogP contribution in [0, 0.1) is 5.92 Å². The molecule has 1 aliphatic heterocycles. The molecule has 0 spiro atoms. The van der Waals surface area contributed by atoms with Crippen LogP contribution in [0.15, 0.2) is 23.8 Å². The standard InChI is InChI=1S/C18H31NO5/c1-3-4-7-24-16-6-5-13(8-12(16)2)9-19-10-15(21)18(23)17(22)14(19)11-20/h5-6,8,12,14-18,20-23H,3-4,7,9-11H2,1-2H3/t12?,14-,15+,16?,17-,18-/m1/s1. The third kappa shape index (κ3) is 4.65. The Kier molecular flexibility index (Phi) is 7.40. The maximum Gasteiger partial charge on any atom is 0.109 e. The molecular weight excluding hydrogens is 310 g/mol. The highest BCUT2D eigenvalue weighted by molar-refractivity contribution is 5.28. The molecule has 0 bridgehead atoms. The number of likely N-dealkylation sites (tertiary alicyclic amines) is 1. The van der Waals surface area contributed by atoms with Crippen LogP contribution in [0.1, 0.15) is 26.7 Å². The number of piperidine rings is 1. The highest BCUT2D eigenvalue weighted by Gasteiger charge is 2.41. The van der Waals surface area contributed by atoms with E-state index in [-0.39, 0.29) is 25.2 Å². The van der Waals surface area contributed by atoms with Crippen molar-refractivity contribution in [2.24, 2.45) is 5.92 Å². The van der Waals surface area contributed by atoms with Gasteiger partial charge in [0.1, 0.15) is 12.2 Å². The summed E-state index contributed by atoms with van der Waals surface area (Å²) < 4.78 is 5.87. The minimum Gasteiger partial charge on any atom is -0.395 e. The molecule has 138 valence electrons. The summed E-state index contributed by atoms with van der Waals surface area (Å²) >= 11 is 0. The predicted molar refractivity (Wildman–Crippen MR) is 91.5 cm³/mol. The van der Waals surface area contributed by atoms with E-state index in [4.69, 9.17) is 4.74 Å². The van der Waals surface area contributed by atoms with Crippen molar-refractivity contribution in [2.75, 3.05) is 26.3 Å². The lowest BCUT2D eigenvalue weighted by atomic mass is 9.91. The predicted octanol–water partition coefficient (Wildman–Crippen LogP) is 0.0632. The molecule has 6 heteroatoms. The number of ether oxygens (including phenoxy) is 1. The van der Waals surface area contributed by atoms with Crippen molar-refractivity contribution in [3.05, 3.63) is 23.8 Å². The molecule has 0 aromatic carbocycles. The lowest BCUT2D eigenvalue weighted by molar-refractivity contribution is -0.142. The Labute approximate surface area is 144 Å². The monoisotopic (exact) mass is 341 g/mol. The van der Waals surface area contributed by atoms with Gasteiger partial charge in [0.15, 0.2) is 0 Å². The van der Waals surface area contributed by atoms with Crippen LogP contribution in [0.4, 0.5) is 0 Å². The van der Waals surface area contributed by atoms with E-state index in [2.05, 4.69) is 26.0 Å². The van der Waals surface area contributed by atoms with Crippen molar-refractivity contribution < 1.29 is 25.2 Å². The molecule has 1 fully saturated rings. The second-order valence-electron chi connectivity index (χ2n) is 6.88. The van der Waals surface area contributed by atoms with Crippen LogP contribution in [0.5, 0.6) is 0 Å². The van der Waals surface area contributed by atoms with E-state index in [1.807, 2.05) is 11.0 Å². The third-order valence-corrected chi connectivity index (χ3v) is 4.91. The molecule has 0 amide bonds. The van der Waals surface area contributed by atoms with Crippen molar-refractivity contribution in [1.82, 2.24) is 4.90 Å². The maximum absolute atomic E-state index is 10.1. The van der Waals surface area contributed by atoms with Crippen LogP contribution in [0.3, 0.4) is 0 Å². The smallest absolute Gasteiger partial charge is 0.109 e. The summed E-state index contributed by atoms with van der Waals surface area (Å²) in [5.41, 5.74) is 1.06. The van der Waals surface area contributed by atoms with E-state index in [0.717, 1.165) is 25.0 Å². The summed E-state index contributed by atoms with van der Waals surface area (Å²) in [6.45, 7) is 5.47. The lowest BCUT2D eigenvalue weighted by Crippen LogP contribution is -2.62. The van der Waals surface area contributed by atoms with Crippen LogP contribution in [-0.4, -0.2) is 82.1 Å². The summed E-state index contributed by atoms with van der Waals surface area (Å²) in [5, 5.41) is 39.2. The molecule has 0 aromatic rings. The zero-order chi connectivity index (χ0) is 17.7. The van der Waals surface area contributed by atoms with E-state index in [9.17, 15) is 20.4 Å². The van der Waals surface area contributed by atoms with Crippen LogP contribution in [-0.2, 0) is 4.74 Å². The molecule has 2 unspecified atom stereocenters. The molecule has 1 aliphatic carbocycles. The van der Waals surface area contributed by atoms with Gasteiger partial charge < -0.3 is 25.2 Å². The van der Waals surface area contributed by atoms with Crippen LogP contribution >= 0.6 is 0 Å². The van der Waals surface area contributed by atoms with Crippen molar-refractivity contribution in [1.29, 1.82) is 0 Å². The Morgan fingerprint density at radius 2 is 2.00 bits per heavy atom. The lowest BCUT2D eigenvalue weighted by Gasteiger charge is -2.43. The average molecular weight is 341 g/mol. The zero-order valence-corrected chi connectivity index (χ0v) is 14.6. The number of nitrogens with zero attached hydrogens (tertiary/aromatic N) is 1. The Bertz CT molecular complexity index is 453. The molecule has 6 nitrogen and oxygen atoms in total. The molecule has 2 rings (SSSR count). The van der Waals surface area contributed by atoms with Gasteiger partial charge in [-0.1, -0.05) is 38.5 Å². The fourth-order valence-electron chi connectivity index (χ4n) is 3.35. The molecule has 1 heterocycles. The zero-order valence-electron chi connectivity index (χ0n) is 14.6. The first kappa shape index (κ1) is 19.6. The SMILES string of the molecule is CCCCOC1C=CC(CN2C[C@H](O)[C@@H](O)[C@H](O)[C@H]2CO)=CC1C. The minimum atomic E-state index is -1.22. The summed E-state index contributed by atoms with van der Waals surface area (Å²) in [5.74, 6) is 0.250. The van der Waals surface area contributed by atoms with Gasteiger partial charge in [-0.2, -0.15) is 0 Å². The van der Waals surface area contributed by atoms with E-state index in [0.29, 0.717) is 6.54 Å². The molecule has 0 radical (unpaired) electrons. The van der Waals surface area contributed by atoms with Gasteiger partial charge in [0, 0.05) is 25.6 Å². The van der Waals surface area contributed by atoms with Gasteiger partial charge in [0.05, 0.1) is 24.9 Å². The van der Waals surface area contributed by atoms with Gasteiger partial charge in [0.2, 0.25) is 0 Å². The number of rotatable bonds is 7. The highest BCUT2D eigenvalue weighted by atomic mass is 16.5. The number of hydrogen-bond donors (Lipinski definition) is 4. The largest absolute Gasteiger partial charge is 0.395 e. The van der Waals surface area contributed by atoms with E-state index >= 15 is 0 Å². The van der Waals surface area contributed by atoms with Gasteiger partial charge in [-0.3, -0.25) is 4.90 Å². The van der Waals surface area contributed by atoms with Crippen LogP contribution < -0.4 is 0 Å². The third-order valence-electron chi connectivity index (χ3n) is 4.91. The summed E-state index contributed by atoms with van der Waals surface area (Å²) in [6, 6.07) is -0.577. The second kappa shape index (κ2) is 9.08. The number of β-amino-alcohol motifs (C(OH)–C–C–N with tert-alkyl or cyclic N) is 1. The van der Waals surface area contributed by atoms with Crippen molar-refractivity contribution >= 4 is 0 Å². The molecular formula is C18H31NO5. The number of aliphatic hydroxyl groups is 4. The van der Waals surface area contributed by atoms with Gasteiger partial charge in [-0.05, 0) is 12.0 Å². The molecule has 0 saturated carbocycles. The number of hydrogen-bond acceptors (Lipinski definition) is 6. The van der Waals surface area contributed by atoms with Gasteiger partial charge >= 0.3 is 0 Å². The van der Waals surface area contributed by atoms with Crippen molar-refractivity contribution in [2.45, 2.75) is 57.1 Å². The van der Waals surface area contributed by atoms with E-state index < -0.39 is 24.4 Å². The van der Waals surface area contributed by atoms with Crippen LogP contribution in [0.2, 0.25) is 0 Å². The van der Waals surface area contributed by atoms with Crippen molar-refractivity contribution in [3.8, 4) is 0 Å². The Morgan fingerprint density at radius 1 is 1.25 bits per heavy atom. The Balaban J connectivity index is 1.95. The Morgan fingerprint density at radius 3 is 2.62 bits per heavy atom. The maximum atomic E-state index is 10.1. The molecule has 2 aliphatic rings. The second-order valence-corrected chi connectivity index (χ2v) is 6.88. The fourth-order valence-corrected chi connectivity index (χ4v) is 3.35. The number of aliphatic hydroxyl groups excluding tert-OH is 4. The van der Waals surface area contributed by atoms with Crippen molar-refractivity contribution in [3.63, 3.8) is 0 Å². The fraction of sp³-hybridized carbons (Fsp3) is 0.778. The summed E-state index contributed by atoms with van der Waals surface area (Å²) in [7, 11) is 0. The Hall–Kier alpha value is -0.760. The van der Waals surface area contributed by atoms with E-state index in [1.165, 1.54) is 0 Å². The van der Waals surface area contributed by atoms with Crippen LogP contribution in [0.25, 0.3) is 0 Å². The first-order valence-corrected chi connectivity index (χ1v) is 8.87. The topological polar surface area (TPSA) is 93.4 Å². The quantitative estimate of drug-likeness (QED) is 0.490. The average Bonchev–Trinajstić information content (AvgIpc) is 2.55. The minimum absolute atomic E-state index is 0.0771. The van der Waals surface area contributed by atoms with E-state index in [1.54, 1.807) is 0 Å².